The van der Waals surface area contributed by atoms with Gasteiger partial charge >= 0.3 is 0 Å². The molecule has 1 fully saturated rings. The summed E-state index contributed by atoms with van der Waals surface area (Å²) in [7, 11) is 0. The standard InChI is InChI=1S/C59H108N4O7/c1-3-5-7-9-11-13-15-17-18-19-20-21-22-23-24-25-26-27-28-30-32-34-36-41-45-60-52(55(65)53(64)44-40-35-33-31-29-16-14-12-10-8-6-4-2)49-69-59-58(68)57(67)56(66)54(70-59)48-63-47-51(61-62-63)46-50-42-38-37-39-43-50/h37-39,42-43,47,52-60,64-68H,3-36,40-41,44-46,48-49H2,1-2H3/t52-,53+,54+,55-,56-,57-,58+,59-/m0/s1. The maximum Gasteiger partial charge on any atom is 0.186 e. The Hall–Kier alpha value is -1.96. The number of rotatable bonds is 48. The molecular weight excluding hydrogens is 877 g/mol. The molecule has 1 aliphatic rings. The number of hydrogen-bond donors (Lipinski definition) is 6. The number of aliphatic hydroxyl groups is 5. The summed E-state index contributed by atoms with van der Waals surface area (Å²) in [6.45, 7) is 5.24. The van der Waals surface area contributed by atoms with Crippen molar-refractivity contribution in [3.63, 3.8) is 0 Å². The van der Waals surface area contributed by atoms with Crippen LogP contribution in [-0.4, -0.2) is 103 Å². The number of nitrogens with zero attached hydrogens (tertiary/aromatic N) is 3. The van der Waals surface area contributed by atoms with Crippen LogP contribution in [0.4, 0.5) is 0 Å². The Balaban J connectivity index is 1.33. The molecule has 0 unspecified atom stereocenters. The van der Waals surface area contributed by atoms with Crippen molar-refractivity contribution >= 4 is 0 Å². The molecule has 8 atom stereocenters. The van der Waals surface area contributed by atoms with E-state index in [0.717, 1.165) is 43.4 Å². The molecule has 3 rings (SSSR count). The molecule has 0 saturated carbocycles. The van der Waals surface area contributed by atoms with Crippen LogP contribution < -0.4 is 5.32 Å². The van der Waals surface area contributed by atoms with Crippen molar-refractivity contribution in [3.05, 3.63) is 47.8 Å². The Kier molecular flexibility index (Phi) is 37.8. The topological polar surface area (TPSA) is 162 Å². The predicted octanol–water partition coefficient (Wildman–Crippen LogP) is 12.8. The van der Waals surface area contributed by atoms with Gasteiger partial charge in [0.2, 0.25) is 0 Å². The highest BCUT2D eigenvalue weighted by Gasteiger charge is 2.45. The van der Waals surface area contributed by atoms with E-state index in [1.807, 2.05) is 30.3 Å². The van der Waals surface area contributed by atoms with Gasteiger partial charge in [0.25, 0.3) is 0 Å². The number of benzene rings is 1. The zero-order valence-corrected chi connectivity index (χ0v) is 45.0. The van der Waals surface area contributed by atoms with Crippen LogP contribution in [0.1, 0.15) is 263 Å². The molecular formula is C59H108N4O7. The first kappa shape index (κ1) is 62.3. The van der Waals surface area contributed by atoms with Crippen LogP contribution in [0, 0.1) is 0 Å². The molecule has 2 heterocycles. The van der Waals surface area contributed by atoms with Gasteiger partial charge in [0.05, 0.1) is 37.1 Å². The average Bonchev–Trinajstić information content (AvgIpc) is 3.81. The smallest absolute Gasteiger partial charge is 0.186 e. The van der Waals surface area contributed by atoms with E-state index >= 15 is 0 Å². The third-order valence-corrected chi connectivity index (χ3v) is 14.9. The second-order valence-corrected chi connectivity index (χ2v) is 21.4. The third-order valence-electron chi connectivity index (χ3n) is 14.9. The van der Waals surface area contributed by atoms with Crippen molar-refractivity contribution in [1.82, 2.24) is 20.3 Å². The zero-order chi connectivity index (χ0) is 50.1. The average molecular weight is 986 g/mol. The molecule has 1 aromatic carbocycles. The summed E-state index contributed by atoms with van der Waals surface area (Å²) in [5.41, 5.74) is 1.85. The molecule has 0 spiro atoms. The summed E-state index contributed by atoms with van der Waals surface area (Å²) in [6.07, 6.45) is 41.5. The van der Waals surface area contributed by atoms with Gasteiger partial charge in [-0.1, -0.05) is 274 Å². The van der Waals surface area contributed by atoms with Gasteiger partial charge in [-0.2, -0.15) is 0 Å². The Labute approximate surface area is 428 Å². The van der Waals surface area contributed by atoms with Gasteiger partial charge in [-0.15, -0.1) is 5.10 Å². The molecule has 2 aromatic rings. The lowest BCUT2D eigenvalue weighted by atomic mass is 9.98. The van der Waals surface area contributed by atoms with Gasteiger partial charge in [-0.3, -0.25) is 0 Å². The maximum absolute atomic E-state index is 11.5. The fourth-order valence-corrected chi connectivity index (χ4v) is 10.2. The minimum Gasteiger partial charge on any atom is -0.390 e. The Bertz CT molecular complexity index is 1440. The molecule has 0 aliphatic carbocycles. The van der Waals surface area contributed by atoms with Crippen molar-refractivity contribution in [1.29, 1.82) is 0 Å². The summed E-state index contributed by atoms with van der Waals surface area (Å²) >= 11 is 0. The molecule has 1 aliphatic heterocycles. The highest BCUT2D eigenvalue weighted by Crippen LogP contribution is 2.25. The maximum atomic E-state index is 11.5. The van der Waals surface area contributed by atoms with Crippen LogP contribution >= 0.6 is 0 Å². The van der Waals surface area contributed by atoms with Crippen molar-refractivity contribution in [2.75, 3.05) is 13.2 Å². The molecule has 11 nitrogen and oxygen atoms in total. The van der Waals surface area contributed by atoms with Gasteiger partial charge in [0, 0.05) is 12.6 Å². The first-order valence-corrected chi connectivity index (χ1v) is 29.7. The molecule has 0 amide bonds. The Morgan fingerprint density at radius 1 is 0.557 bits per heavy atom. The summed E-state index contributed by atoms with van der Waals surface area (Å²) < 4.78 is 13.7. The van der Waals surface area contributed by atoms with E-state index in [1.54, 1.807) is 10.9 Å². The molecule has 1 aromatic heterocycles. The minimum atomic E-state index is -1.51. The third kappa shape index (κ3) is 29.7. The van der Waals surface area contributed by atoms with E-state index in [2.05, 4.69) is 29.5 Å². The quantitative estimate of drug-likeness (QED) is 0.0352. The molecule has 0 bridgehead atoms. The van der Waals surface area contributed by atoms with Gasteiger partial charge in [-0.25, -0.2) is 4.68 Å². The number of hydrogen-bond acceptors (Lipinski definition) is 10. The number of nitrogens with one attached hydrogen (secondary N) is 1. The van der Waals surface area contributed by atoms with E-state index in [-0.39, 0.29) is 13.2 Å². The monoisotopic (exact) mass is 985 g/mol. The van der Waals surface area contributed by atoms with E-state index in [9.17, 15) is 25.5 Å². The second-order valence-electron chi connectivity index (χ2n) is 21.4. The largest absolute Gasteiger partial charge is 0.390 e. The molecule has 1 saturated heterocycles. The fraction of sp³-hybridized carbons (Fsp3) is 0.864. The number of aromatic nitrogens is 3. The molecule has 11 heteroatoms. The lowest BCUT2D eigenvalue weighted by molar-refractivity contribution is -0.301. The van der Waals surface area contributed by atoms with E-state index in [1.165, 1.54) is 199 Å². The highest BCUT2D eigenvalue weighted by molar-refractivity contribution is 5.19. The minimum absolute atomic E-state index is 0.0577. The van der Waals surface area contributed by atoms with Crippen LogP contribution in [-0.2, 0) is 22.4 Å². The Morgan fingerprint density at radius 3 is 1.44 bits per heavy atom. The summed E-state index contributed by atoms with van der Waals surface area (Å²) in [4.78, 5) is 0. The van der Waals surface area contributed by atoms with Crippen molar-refractivity contribution in [3.8, 4) is 0 Å². The van der Waals surface area contributed by atoms with E-state index in [4.69, 9.17) is 9.47 Å². The summed E-state index contributed by atoms with van der Waals surface area (Å²) in [5, 5.41) is 67.3. The van der Waals surface area contributed by atoms with Crippen molar-refractivity contribution in [2.24, 2.45) is 0 Å². The lowest BCUT2D eigenvalue weighted by Gasteiger charge is -2.41. The normalized spacial score (nSPS) is 19.7. The molecule has 6 N–H and O–H groups in total. The molecule has 0 radical (unpaired) electrons. The second kappa shape index (κ2) is 42.4. The van der Waals surface area contributed by atoms with E-state index in [0.29, 0.717) is 19.4 Å². The van der Waals surface area contributed by atoms with Gasteiger partial charge < -0.3 is 40.3 Å². The van der Waals surface area contributed by atoms with E-state index < -0.39 is 49.0 Å². The van der Waals surface area contributed by atoms with Crippen LogP contribution in [0.5, 0.6) is 0 Å². The fourth-order valence-electron chi connectivity index (χ4n) is 10.2. The van der Waals surface area contributed by atoms with Crippen LogP contribution in [0.15, 0.2) is 36.5 Å². The molecule has 406 valence electrons. The van der Waals surface area contributed by atoms with Gasteiger partial charge in [-0.05, 0) is 24.9 Å². The first-order chi connectivity index (χ1) is 34.3. The van der Waals surface area contributed by atoms with Crippen molar-refractivity contribution < 1.29 is 35.0 Å². The van der Waals surface area contributed by atoms with Crippen LogP contribution in [0.3, 0.4) is 0 Å². The number of aliphatic hydroxyl groups excluding tert-OH is 5. The lowest BCUT2D eigenvalue weighted by Crippen LogP contribution is -2.60. The Morgan fingerprint density at radius 2 is 0.986 bits per heavy atom. The van der Waals surface area contributed by atoms with Crippen molar-refractivity contribution in [2.45, 2.75) is 313 Å². The number of ether oxygens (including phenoxy) is 2. The predicted molar refractivity (Wildman–Crippen MR) is 288 cm³/mol. The summed E-state index contributed by atoms with van der Waals surface area (Å²) in [5.74, 6) is 0. The highest BCUT2D eigenvalue weighted by atomic mass is 16.7. The van der Waals surface area contributed by atoms with Gasteiger partial charge in [0.15, 0.2) is 6.29 Å². The summed E-state index contributed by atoms with van der Waals surface area (Å²) in [6, 6.07) is 9.34. The first-order valence-electron chi connectivity index (χ1n) is 29.7. The molecule has 70 heavy (non-hydrogen) atoms. The number of unbranched alkanes of at least 4 members (excludes halogenated alkanes) is 34. The SMILES string of the molecule is CCCCCCCCCCCCCCCCCCCCCCCCCCN[C@@H](CO[C@H]1O[C@H](Cn2cc(Cc3ccccc3)nn2)[C@H](O)[C@H](O)[C@H]1O)[C@H](O)[C@H](O)CCCCCCCCCCCCCC. The van der Waals surface area contributed by atoms with Gasteiger partial charge in [0.1, 0.15) is 24.4 Å². The van der Waals surface area contributed by atoms with Crippen LogP contribution in [0.2, 0.25) is 0 Å². The zero-order valence-electron chi connectivity index (χ0n) is 45.0. The van der Waals surface area contributed by atoms with Crippen LogP contribution in [0.25, 0.3) is 0 Å².